The molecule has 0 aliphatic carbocycles. The topological polar surface area (TPSA) is 8.17 Å². The summed E-state index contributed by atoms with van der Waals surface area (Å²) in [7, 11) is 0. The number of hydrogen-bond donors (Lipinski definition) is 0. The van der Waals surface area contributed by atoms with Crippen molar-refractivity contribution in [2.24, 2.45) is 0 Å². The van der Waals surface area contributed by atoms with Crippen molar-refractivity contribution in [2.45, 2.75) is 0 Å². The summed E-state index contributed by atoms with van der Waals surface area (Å²) in [5.74, 6) is 0. The Bertz CT molecular complexity index is 3700. The number of nitrogens with zero attached hydrogens (tertiary/aromatic N) is 2. The van der Waals surface area contributed by atoms with Crippen LogP contribution >= 0.6 is 0 Å². The van der Waals surface area contributed by atoms with Gasteiger partial charge in [-0.2, -0.15) is 0 Å². The largest absolute Gasteiger partial charge is 0.310 e. The molecule has 0 fully saturated rings. The molecule has 0 atom stereocenters. The van der Waals surface area contributed by atoms with E-state index in [1.165, 1.54) is 71.5 Å². The molecular formula is C64H44N2. The number of rotatable bonds is 9. The summed E-state index contributed by atoms with van der Waals surface area (Å²) in [6.45, 7) is 0. The second kappa shape index (κ2) is 16.8. The molecule has 0 amide bonds. The van der Waals surface area contributed by atoms with Gasteiger partial charge in [0.2, 0.25) is 0 Å². The summed E-state index contributed by atoms with van der Waals surface area (Å²) in [5, 5.41) is 4.95. The summed E-state index contributed by atoms with van der Waals surface area (Å²) in [4.78, 5) is 2.44. The predicted molar refractivity (Wildman–Crippen MR) is 280 cm³/mol. The van der Waals surface area contributed by atoms with Crippen molar-refractivity contribution >= 4 is 49.6 Å². The van der Waals surface area contributed by atoms with Crippen LogP contribution in [0.3, 0.4) is 0 Å². The Labute approximate surface area is 385 Å². The molecule has 12 aromatic rings. The van der Waals surface area contributed by atoms with Crippen LogP contribution in [-0.4, -0.2) is 4.57 Å². The zero-order valence-corrected chi connectivity index (χ0v) is 36.3. The molecule has 310 valence electrons. The maximum absolute atomic E-state index is 2.44. The number of benzene rings is 11. The van der Waals surface area contributed by atoms with Crippen LogP contribution in [0.2, 0.25) is 0 Å². The molecular weight excluding hydrogens is 797 g/mol. The zero-order valence-electron chi connectivity index (χ0n) is 36.3. The molecule has 0 spiro atoms. The van der Waals surface area contributed by atoms with E-state index in [0.717, 1.165) is 39.4 Å². The third-order valence-corrected chi connectivity index (χ3v) is 13.0. The molecule has 0 bridgehead atoms. The second-order valence-electron chi connectivity index (χ2n) is 16.9. The van der Waals surface area contributed by atoms with Gasteiger partial charge in [0.25, 0.3) is 0 Å². The van der Waals surface area contributed by atoms with Crippen molar-refractivity contribution in [3.8, 4) is 61.3 Å². The van der Waals surface area contributed by atoms with Gasteiger partial charge in [-0.05, 0) is 110 Å². The van der Waals surface area contributed by atoms with Crippen LogP contribution < -0.4 is 4.90 Å². The summed E-state index contributed by atoms with van der Waals surface area (Å²) in [6, 6.07) is 96.9. The Morgan fingerprint density at radius 3 is 1.58 bits per heavy atom. The van der Waals surface area contributed by atoms with Crippen LogP contribution in [-0.2, 0) is 0 Å². The molecule has 0 saturated carbocycles. The van der Waals surface area contributed by atoms with Crippen molar-refractivity contribution in [3.05, 3.63) is 267 Å². The fourth-order valence-corrected chi connectivity index (χ4v) is 9.94. The van der Waals surface area contributed by atoms with Crippen LogP contribution in [0.25, 0.3) is 93.9 Å². The van der Waals surface area contributed by atoms with E-state index < -0.39 is 0 Å². The number of fused-ring (bicyclic) bond motifs is 4. The molecule has 2 nitrogen and oxygen atoms in total. The first-order valence-electron chi connectivity index (χ1n) is 22.7. The normalized spacial score (nSPS) is 11.3. The van der Waals surface area contributed by atoms with E-state index >= 15 is 0 Å². The minimum Gasteiger partial charge on any atom is -0.310 e. The fraction of sp³-hybridized carbons (Fsp3) is 0. The number of aromatic nitrogens is 1. The molecule has 0 aliphatic rings. The van der Waals surface area contributed by atoms with Gasteiger partial charge in [-0.15, -0.1) is 0 Å². The molecule has 66 heavy (non-hydrogen) atoms. The summed E-state index contributed by atoms with van der Waals surface area (Å²) < 4.78 is 2.42. The van der Waals surface area contributed by atoms with Gasteiger partial charge in [0, 0.05) is 39.0 Å². The van der Waals surface area contributed by atoms with Gasteiger partial charge in [0.05, 0.1) is 16.7 Å². The highest BCUT2D eigenvalue weighted by Crippen LogP contribution is 2.46. The van der Waals surface area contributed by atoms with Crippen molar-refractivity contribution in [1.29, 1.82) is 0 Å². The first-order valence-corrected chi connectivity index (χ1v) is 22.7. The van der Waals surface area contributed by atoms with Crippen LogP contribution in [0.5, 0.6) is 0 Å². The number of hydrogen-bond acceptors (Lipinski definition) is 1. The molecule has 0 unspecified atom stereocenters. The fourth-order valence-electron chi connectivity index (χ4n) is 9.94. The van der Waals surface area contributed by atoms with Gasteiger partial charge in [-0.1, -0.05) is 212 Å². The highest BCUT2D eigenvalue weighted by molar-refractivity contribution is 6.14. The molecule has 2 heteroatoms. The Balaban J connectivity index is 1.04. The highest BCUT2D eigenvalue weighted by Gasteiger charge is 2.22. The molecule has 0 saturated heterocycles. The second-order valence-corrected chi connectivity index (χ2v) is 16.9. The minimum atomic E-state index is 1.07. The SMILES string of the molecule is c1ccc(-c2ccccc2-c2ccccc2-c2ccccc2N(c2ccc(-c3cccc4c5ccccc5n(-c5ccccc5)c34)cc2)c2cccc(-c3ccc4ccccc4c3)c2)cc1. The van der Waals surface area contributed by atoms with Crippen molar-refractivity contribution in [1.82, 2.24) is 4.57 Å². The molecule has 12 rings (SSSR count). The van der Waals surface area contributed by atoms with Crippen LogP contribution in [0.4, 0.5) is 17.1 Å². The lowest BCUT2D eigenvalue weighted by molar-refractivity contribution is 1.18. The lowest BCUT2D eigenvalue weighted by Crippen LogP contribution is -2.11. The predicted octanol–water partition coefficient (Wildman–Crippen LogP) is 17.7. The molecule has 11 aromatic carbocycles. The van der Waals surface area contributed by atoms with E-state index in [2.05, 4.69) is 276 Å². The van der Waals surface area contributed by atoms with E-state index in [1.54, 1.807) is 0 Å². The Kier molecular flexibility index (Phi) is 9.89. The zero-order chi connectivity index (χ0) is 43.8. The molecule has 0 radical (unpaired) electrons. The number of para-hydroxylation sites is 4. The van der Waals surface area contributed by atoms with E-state index in [-0.39, 0.29) is 0 Å². The van der Waals surface area contributed by atoms with Crippen LogP contribution in [0.1, 0.15) is 0 Å². The third kappa shape index (κ3) is 6.93. The van der Waals surface area contributed by atoms with Crippen molar-refractivity contribution < 1.29 is 0 Å². The third-order valence-electron chi connectivity index (χ3n) is 13.0. The monoisotopic (exact) mass is 840 g/mol. The smallest absolute Gasteiger partial charge is 0.0619 e. The molecule has 1 aromatic heterocycles. The highest BCUT2D eigenvalue weighted by atomic mass is 15.1. The lowest BCUT2D eigenvalue weighted by atomic mass is 9.88. The lowest BCUT2D eigenvalue weighted by Gasteiger charge is -2.29. The van der Waals surface area contributed by atoms with Gasteiger partial charge >= 0.3 is 0 Å². The van der Waals surface area contributed by atoms with Gasteiger partial charge in [0.1, 0.15) is 0 Å². The number of anilines is 3. The standard InChI is InChI=1S/C64H44N2/c1-3-20-46(21-4-1)54-27-9-10-28-56(54)57-29-11-12-30-58(57)59-31-13-15-35-62(59)65(53-26-17-23-49(44-53)50-38-37-45-19-7-8-22-48(45)43-50)52-41-39-47(40-42-52)55-33-18-34-61-60-32-14-16-36-63(60)66(64(55)61)51-24-5-2-6-25-51/h1-44H. The molecule has 0 aliphatic heterocycles. The Morgan fingerprint density at radius 1 is 0.273 bits per heavy atom. The van der Waals surface area contributed by atoms with Crippen molar-refractivity contribution in [2.75, 3.05) is 4.90 Å². The van der Waals surface area contributed by atoms with E-state index in [9.17, 15) is 0 Å². The summed E-state index contributed by atoms with van der Waals surface area (Å²) >= 11 is 0. The first kappa shape index (κ1) is 38.9. The van der Waals surface area contributed by atoms with E-state index in [0.29, 0.717) is 0 Å². The molecule has 1 heterocycles. The Hall–Kier alpha value is -8.72. The van der Waals surface area contributed by atoms with Crippen LogP contribution in [0.15, 0.2) is 267 Å². The van der Waals surface area contributed by atoms with Crippen LogP contribution in [0, 0.1) is 0 Å². The van der Waals surface area contributed by atoms with Gasteiger partial charge in [-0.3, -0.25) is 0 Å². The Morgan fingerprint density at radius 2 is 0.788 bits per heavy atom. The van der Waals surface area contributed by atoms with E-state index in [1.807, 2.05) is 0 Å². The minimum absolute atomic E-state index is 1.07. The van der Waals surface area contributed by atoms with Gasteiger partial charge in [-0.25, -0.2) is 0 Å². The van der Waals surface area contributed by atoms with E-state index in [4.69, 9.17) is 0 Å². The first-order chi connectivity index (χ1) is 32.8. The van der Waals surface area contributed by atoms with Gasteiger partial charge < -0.3 is 9.47 Å². The quantitative estimate of drug-likeness (QED) is 0.141. The summed E-state index contributed by atoms with van der Waals surface area (Å²) in [5.41, 5.74) is 18.6. The maximum atomic E-state index is 2.44. The van der Waals surface area contributed by atoms with Gasteiger partial charge in [0.15, 0.2) is 0 Å². The van der Waals surface area contributed by atoms with Crippen molar-refractivity contribution in [3.63, 3.8) is 0 Å². The molecule has 0 N–H and O–H groups in total. The average Bonchev–Trinajstić information content (AvgIpc) is 3.74. The summed E-state index contributed by atoms with van der Waals surface area (Å²) in [6.07, 6.45) is 0. The maximum Gasteiger partial charge on any atom is 0.0619 e. The average molecular weight is 841 g/mol.